The van der Waals surface area contributed by atoms with E-state index in [4.69, 9.17) is 4.98 Å². The first-order valence-electron chi connectivity index (χ1n) is 9.53. The molecule has 28 heavy (non-hydrogen) atoms. The number of nitrogens with one attached hydrogen (secondary N) is 1. The first-order chi connectivity index (χ1) is 13.5. The lowest BCUT2D eigenvalue weighted by molar-refractivity contribution is -0.118. The van der Waals surface area contributed by atoms with Crippen LogP contribution in [0.25, 0.3) is 0 Å². The average Bonchev–Trinajstić information content (AvgIpc) is 3.18. The molecule has 1 aliphatic heterocycles. The zero-order valence-electron chi connectivity index (χ0n) is 15.8. The summed E-state index contributed by atoms with van der Waals surface area (Å²) < 4.78 is 0. The number of carbonyl (C=O) groups excluding carboxylic acids is 1. The van der Waals surface area contributed by atoms with E-state index in [0.29, 0.717) is 36.3 Å². The molecule has 1 amide bonds. The molecule has 0 saturated heterocycles. The van der Waals surface area contributed by atoms with E-state index in [9.17, 15) is 14.7 Å². The maximum absolute atomic E-state index is 12.4. The zero-order chi connectivity index (χ0) is 19.7. The van der Waals surface area contributed by atoms with Crippen molar-refractivity contribution in [3.05, 3.63) is 36.0 Å². The van der Waals surface area contributed by atoms with Crippen LogP contribution in [0.5, 0.6) is 0 Å². The number of aromatic carboxylic acids is 1. The third-order valence-electron chi connectivity index (χ3n) is 5.46. The van der Waals surface area contributed by atoms with E-state index < -0.39 is 5.97 Å². The summed E-state index contributed by atoms with van der Waals surface area (Å²) >= 11 is 0. The molecule has 2 N–H and O–H groups in total. The Balaban J connectivity index is 1.69. The molecule has 0 bridgehead atoms. The summed E-state index contributed by atoms with van der Waals surface area (Å²) in [6.45, 7) is 0.645. The number of aromatic nitrogens is 2. The highest BCUT2D eigenvalue weighted by molar-refractivity contribution is 5.97. The lowest BCUT2D eigenvalue weighted by Gasteiger charge is -2.30. The van der Waals surface area contributed by atoms with Crippen molar-refractivity contribution in [1.82, 2.24) is 9.97 Å². The predicted molar refractivity (Wildman–Crippen MR) is 106 cm³/mol. The van der Waals surface area contributed by atoms with Gasteiger partial charge in [-0.1, -0.05) is 18.9 Å². The van der Waals surface area contributed by atoms with Gasteiger partial charge in [-0.05, 0) is 31.0 Å². The number of hydrogen-bond donors (Lipinski definition) is 2. The van der Waals surface area contributed by atoms with E-state index in [2.05, 4.69) is 15.2 Å². The van der Waals surface area contributed by atoms with Crippen LogP contribution in [0.15, 0.2) is 30.5 Å². The highest BCUT2D eigenvalue weighted by Crippen LogP contribution is 2.36. The van der Waals surface area contributed by atoms with Gasteiger partial charge in [0.1, 0.15) is 5.69 Å². The smallest absolute Gasteiger partial charge is 0.335 e. The van der Waals surface area contributed by atoms with Gasteiger partial charge in [0.15, 0.2) is 5.82 Å². The molecular formula is C20H23N5O3. The van der Waals surface area contributed by atoms with Crippen LogP contribution in [-0.2, 0) is 4.79 Å². The van der Waals surface area contributed by atoms with E-state index in [1.54, 1.807) is 36.3 Å². The van der Waals surface area contributed by atoms with Crippen LogP contribution in [0, 0.1) is 0 Å². The summed E-state index contributed by atoms with van der Waals surface area (Å²) in [5.41, 5.74) is 1.50. The van der Waals surface area contributed by atoms with Gasteiger partial charge in [-0.25, -0.2) is 9.78 Å². The Labute approximate surface area is 163 Å². The highest BCUT2D eigenvalue weighted by atomic mass is 16.4. The molecule has 1 aromatic heterocycles. The molecule has 0 radical (unpaired) electrons. The Bertz CT molecular complexity index is 910. The second-order valence-electron chi connectivity index (χ2n) is 7.25. The number of hydrogen-bond acceptors (Lipinski definition) is 6. The fourth-order valence-corrected chi connectivity index (χ4v) is 3.93. The van der Waals surface area contributed by atoms with Gasteiger partial charge < -0.3 is 20.2 Å². The maximum atomic E-state index is 12.4. The van der Waals surface area contributed by atoms with Gasteiger partial charge in [-0.2, -0.15) is 4.98 Å². The minimum absolute atomic E-state index is 0.0558. The summed E-state index contributed by atoms with van der Waals surface area (Å²) in [7, 11) is 1.76. The fourth-order valence-electron chi connectivity index (χ4n) is 3.93. The highest BCUT2D eigenvalue weighted by Gasteiger charge is 2.31. The van der Waals surface area contributed by atoms with Crippen molar-refractivity contribution in [2.24, 2.45) is 0 Å². The fraction of sp³-hybridized carbons (Fsp3) is 0.400. The molecule has 2 aliphatic rings. The van der Waals surface area contributed by atoms with Crippen LogP contribution >= 0.6 is 0 Å². The first-order valence-corrected chi connectivity index (χ1v) is 9.53. The lowest BCUT2D eigenvalue weighted by Crippen LogP contribution is -2.34. The second kappa shape index (κ2) is 7.46. The molecule has 1 saturated carbocycles. The van der Waals surface area contributed by atoms with Crippen molar-refractivity contribution in [3.63, 3.8) is 0 Å². The molecule has 2 heterocycles. The molecule has 8 heteroatoms. The molecule has 8 nitrogen and oxygen atoms in total. The SMILES string of the molecule is CN1C(=O)CCN(C2CCCC2)c2nc(Nc3cccc(C(=O)O)c3)ncc21. The van der Waals surface area contributed by atoms with Crippen LogP contribution in [0.1, 0.15) is 42.5 Å². The number of carboxylic acids is 1. The van der Waals surface area contributed by atoms with Crippen molar-refractivity contribution in [1.29, 1.82) is 0 Å². The normalized spacial score (nSPS) is 17.4. The Morgan fingerprint density at radius 2 is 2.07 bits per heavy atom. The monoisotopic (exact) mass is 381 g/mol. The molecule has 0 spiro atoms. The van der Waals surface area contributed by atoms with Crippen molar-refractivity contribution in [3.8, 4) is 0 Å². The summed E-state index contributed by atoms with van der Waals surface area (Å²) in [6.07, 6.45) is 6.70. The van der Waals surface area contributed by atoms with Gasteiger partial charge in [0.2, 0.25) is 11.9 Å². The molecule has 0 atom stereocenters. The zero-order valence-corrected chi connectivity index (χ0v) is 15.8. The van der Waals surface area contributed by atoms with Crippen molar-refractivity contribution >= 4 is 35.0 Å². The molecule has 1 fully saturated rings. The van der Waals surface area contributed by atoms with Crippen molar-refractivity contribution < 1.29 is 14.7 Å². The van der Waals surface area contributed by atoms with E-state index in [1.165, 1.54) is 18.9 Å². The number of anilines is 4. The van der Waals surface area contributed by atoms with E-state index in [1.807, 2.05) is 0 Å². The minimum Gasteiger partial charge on any atom is -0.478 e. The second-order valence-corrected chi connectivity index (χ2v) is 7.25. The van der Waals surface area contributed by atoms with Crippen LogP contribution in [0.3, 0.4) is 0 Å². The summed E-state index contributed by atoms with van der Waals surface area (Å²) in [5.74, 6) is 0.207. The topological polar surface area (TPSA) is 98.7 Å². The predicted octanol–water partition coefficient (Wildman–Crippen LogP) is 3.03. The maximum Gasteiger partial charge on any atom is 0.335 e. The number of carboxylic acid groups (broad SMARTS) is 1. The largest absolute Gasteiger partial charge is 0.478 e. The van der Waals surface area contributed by atoms with Crippen LogP contribution in [-0.4, -0.2) is 46.6 Å². The number of rotatable bonds is 4. The van der Waals surface area contributed by atoms with Crippen LogP contribution in [0.2, 0.25) is 0 Å². The Morgan fingerprint density at radius 3 is 2.82 bits per heavy atom. The van der Waals surface area contributed by atoms with Gasteiger partial charge >= 0.3 is 5.97 Å². The average molecular weight is 381 g/mol. The van der Waals surface area contributed by atoms with E-state index in [-0.39, 0.29) is 11.5 Å². The summed E-state index contributed by atoms with van der Waals surface area (Å²) in [4.78, 5) is 36.5. The standard InChI is InChI=1S/C20H23N5O3/c1-24-16-12-21-20(22-14-6-4-5-13(11-14)19(27)28)23-18(16)25(10-9-17(24)26)15-7-2-3-8-15/h4-6,11-12,15H,2-3,7-10H2,1H3,(H,27,28)(H,21,22,23). The van der Waals surface area contributed by atoms with E-state index >= 15 is 0 Å². The van der Waals surface area contributed by atoms with Crippen molar-refractivity contribution in [2.75, 3.05) is 28.7 Å². The molecule has 1 aromatic carbocycles. The van der Waals surface area contributed by atoms with Gasteiger partial charge in [-0.3, -0.25) is 4.79 Å². The molecule has 0 unspecified atom stereocenters. The minimum atomic E-state index is -0.987. The van der Waals surface area contributed by atoms with Gasteiger partial charge in [0, 0.05) is 31.7 Å². The quantitative estimate of drug-likeness (QED) is 0.840. The Morgan fingerprint density at radius 1 is 1.29 bits per heavy atom. The van der Waals surface area contributed by atoms with Gasteiger partial charge in [-0.15, -0.1) is 0 Å². The van der Waals surface area contributed by atoms with Crippen molar-refractivity contribution in [2.45, 2.75) is 38.1 Å². The van der Waals surface area contributed by atoms with Crippen LogP contribution in [0.4, 0.5) is 23.1 Å². The number of carbonyl (C=O) groups is 2. The number of amides is 1. The molecular weight excluding hydrogens is 358 g/mol. The molecule has 4 rings (SSSR count). The first kappa shape index (κ1) is 18.2. The van der Waals surface area contributed by atoms with Gasteiger partial charge in [0.25, 0.3) is 0 Å². The van der Waals surface area contributed by atoms with Crippen LogP contribution < -0.4 is 15.1 Å². The van der Waals surface area contributed by atoms with E-state index in [0.717, 1.165) is 18.7 Å². The number of benzene rings is 1. The molecule has 1 aliphatic carbocycles. The number of fused-ring (bicyclic) bond motifs is 1. The Hall–Kier alpha value is -3.16. The third kappa shape index (κ3) is 3.49. The van der Waals surface area contributed by atoms with Gasteiger partial charge in [0.05, 0.1) is 11.8 Å². The molecule has 2 aromatic rings. The summed E-state index contributed by atoms with van der Waals surface area (Å²) in [5, 5.41) is 12.3. The lowest BCUT2D eigenvalue weighted by atomic mass is 10.2. The number of nitrogens with zero attached hydrogens (tertiary/aromatic N) is 4. The molecule has 146 valence electrons. The summed E-state index contributed by atoms with van der Waals surface area (Å²) in [6, 6.07) is 6.91. The third-order valence-corrected chi connectivity index (χ3v) is 5.46. The Kier molecular flexibility index (Phi) is 4.85.